The molecule has 0 aromatic heterocycles. The normalized spacial score (nSPS) is 10.5. The van der Waals surface area contributed by atoms with Crippen molar-refractivity contribution < 1.29 is 14.3 Å². The summed E-state index contributed by atoms with van der Waals surface area (Å²) in [6, 6.07) is 13.4. The molecule has 2 rings (SSSR count). The van der Waals surface area contributed by atoms with Crippen LogP contribution < -0.4 is 14.8 Å². The van der Waals surface area contributed by atoms with E-state index in [9.17, 15) is 4.79 Å². The molecule has 0 saturated carbocycles. The van der Waals surface area contributed by atoms with Gasteiger partial charge in [0.1, 0.15) is 0 Å². The molecule has 0 atom stereocenters. The summed E-state index contributed by atoms with van der Waals surface area (Å²) in [4.78, 5) is 12.3. The van der Waals surface area contributed by atoms with E-state index < -0.39 is 0 Å². The number of carbonyl (C=O) groups is 1. The lowest BCUT2D eigenvalue weighted by Gasteiger charge is -2.11. The molecule has 0 saturated heterocycles. The Morgan fingerprint density at radius 1 is 1.00 bits per heavy atom. The molecule has 0 radical (unpaired) electrons. The first-order chi connectivity index (χ1) is 11.0. The lowest BCUT2D eigenvalue weighted by atomic mass is 10.0. The fraction of sp³-hybridized carbons (Fsp3) is 0.316. The molecule has 4 heteroatoms. The third-order valence-corrected chi connectivity index (χ3v) is 3.75. The highest BCUT2D eigenvalue weighted by molar-refractivity contribution is 5.94. The van der Waals surface area contributed by atoms with Crippen molar-refractivity contribution in [1.29, 1.82) is 0 Å². The van der Waals surface area contributed by atoms with E-state index in [1.165, 1.54) is 5.56 Å². The van der Waals surface area contributed by atoms with Gasteiger partial charge in [0, 0.05) is 12.1 Å². The van der Waals surface area contributed by atoms with Crippen molar-refractivity contribution in [3.63, 3.8) is 0 Å². The Morgan fingerprint density at radius 2 is 1.65 bits per heavy atom. The Hall–Kier alpha value is -2.49. The minimum atomic E-state index is -0.140. The van der Waals surface area contributed by atoms with E-state index in [0.717, 1.165) is 5.56 Å². The van der Waals surface area contributed by atoms with Crippen molar-refractivity contribution in [3.8, 4) is 11.5 Å². The van der Waals surface area contributed by atoms with Crippen LogP contribution in [0, 0.1) is 0 Å². The van der Waals surface area contributed by atoms with Gasteiger partial charge >= 0.3 is 0 Å². The summed E-state index contributed by atoms with van der Waals surface area (Å²) >= 11 is 0. The summed E-state index contributed by atoms with van der Waals surface area (Å²) in [5.74, 6) is 1.51. The zero-order valence-electron chi connectivity index (χ0n) is 14.1. The van der Waals surface area contributed by atoms with Gasteiger partial charge in [-0.3, -0.25) is 4.79 Å². The molecule has 2 aromatic rings. The number of carbonyl (C=O) groups excluding carboxylic acids is 1. The van der Waals surface area contributed by atoms with Crippen LogP contribution in [0.2, 0.25) is 0 Å². The predicted molar refractivity (Wildman–Crippen MR) is 91.2 cm³/mol. The van der Waals surface area contributed by atoms with Crippen LogP contribution in [0.4, 0.5) is 0 Å². The highest BCUT2D eigenvalue weighted by Gasteiger charge is 2.10. The highest BCUT2D eigenvalue weighted by Crippen LogP contribution is 2.27. The van der Waals surface area contributed by atoms with Gasteiger partial charge < -0.3 is 14.8 Å². The first kappa shape index (κ1) is 16.9. The number of ether oxygens (including phenoxy) is 2. The smallest absolute Gasteiger partial charge is 0.251 e. The molecule has 0 unspecified atom stereocenters. The number of amides is 1. The van der Waals surface area contributed by atoms with Gasteiger partial charge in [-0.15, -0.1) is 0 Å². The largest absolute Gasteiger partial charge is 0.493 e. The van der Waals surface area contributed by atoms with Crippen LogP contribution in [-0.2, 0) is 6.54 Å². The standard InChI is InChI=1S/C19H23NO3/c1-13(2)15-7-5-14(6-8-15)12-20-19(21)16-9-10-17(22-3)18(11-16)23-4/h5-11,13H,12H2,1-4H3,(H,20,21). The van der Waals surface area contributed by atoms with Crippen molar-refractivity contribution in [2.75, 3.05) is 14.2 Å². The fourth-order valence-electron chi connectivity index (χ4n) is 2.28. The predicted octanol–water partition coefficient (Wildman–Crippen LogP) is 3.76. The molecule has 23 heavy (non-hydrogen) atoms. The number of methoxy groups -OCH3 is 2. The molecule has 122 valence electrons. The average Bonchev–Trinajstić information content (AvgIpc) is 2.59. The van der Waals surface area contributed by atoms with Gasteiger partial charge in [0.15, 0.2) is 11.5 Å². The number of hydrogen-bond acceptors (Lipinski definition) is 3. The van der Waals surface area contributed by atoms with E-state index in [4.69, 9.17) is 9.47 Å². The molecular formula is C19H23NO3. The molecule has 0 fully saturated rings. The van der Waals surface area contributed by atoms with Gasteiger partial charge in [0.25, 0.3) is 5.91 Å². The molecule has 2 aromatic carbocycles. The minimum absolute atomic E-state index is 0.140. The Morgan fingerprint density at radius 3 is 2.22 bits per heavy atom. The van der Waals surface area contributed by atoms with Crippen LogP contribution in [0.15, 0.2) is 42.5 Å². The third kappa shape index (κ3) is 4.25. The first-order valence-corrected chi connectivity index (χ1v) is 7.64. The maximum atomic E-state index is 12.3. The third-order valence-electron chi connectivity index (χ3n) is 3.75. The topological polar surface area (TPSA) is 47.6 Å². The maximum absolute atomic E-state index is 12.3. The molecule has 1 N–H and O–H groups in total. The molecule has 4 nitrogen and oxygen atoms in total. The van der Waals surface area contributed by atoms with Crippen molar-refractivity contribution in [1.82, 2.24) is 5.32 Å². The molecule has 0 heterocycles. The molecule has 0 aliphatic heterocycles. The molecule has 0 spiro atoms. The summed E-state index contributed by atoms with van der Waals surface area (Å²) in [6.45, 7) is 4.81. The Balaban J connectivity index is 2.02. The van der Waals surface area contributed by atoms with Crippen molar-refractivity contribution in [3.05, 3.63) is 59.2 Å². The van der Waals surface area contributed by atoms with E-state index in [1.54, 1.807) is 32.4 Å². The number of nitrogens with one attached hydrogen (secondary N) is 1. The van der Waals surface area contributed by atoms with Gasteiger partial charge in [-0.05, 0) is 35.2 Å². The summed E-state index contributed by atoms with van der Waals surface area (Å²) in [7, 11) is 3.12. The van der Waals surface area contributed by atoms with Gasteiger partial charge in [0.05, 0.1) is 14.2 Å². The van der Waals surface area contributed by atoms with Crippen LogP contribution >= 0.6 is 0 Å². The van der Waals surface area contributed by atoms with Gasteiger partial charge in [-0.2, -0.15) is 0 Å². The zero-order valence-corrected chi connectivity index (χ0v) is 14.1. The molecule has 0 aliphatic rings. The number of benzene rings is 2. The number of hydrogen-bond donors (Lipinski definition) is 1. The Labute approximate surface area is 137 Å². The second kappa shape index (κ2) is 7.68. The molecule has 0 aliphatic carbocycles. The van der Waals surface area contributed by atoms with Crippen LogP contribution in [0.5, 0.6) is 11.5 Å². The summed E-state index contributed by atoms with van der Waals surface area (Å²) in [5.41, 5.74) is 2.91. The Bertz CT molecular complexity index is 663. The zero-order chi connectivity index (χ0) is 16.8. The van der Waals surface area contributed by atoms with E-state index >= 15 is 0 Å². The van der Waals surface area contributed by atoms with Crippen LogP contribution in [-0.4, -0.2) is 20.1 Å². The van der Waals surface area contributed by atoms with Crippen molar-refractivity contribution >= 4 is 5.91 Å². The van der Waals surface area contributed by atoms with Crippen LogP contribution in [0.3, 0.4) is 0 Å². The van der Waals surface area contributed by atoms with Gasteiger partial charge in [-0.25, -0.2) is 0 Å². The summed E-state index contributed by atoms with van der Waals surface area (Å²) in [6.07, 6.45) is 0. The second-order valence-corrected chi connectivity index (χ2v) is 5.65. The van der Waals surface area contributed by atoms with Crippen molar-refractivity contribution in [2.24, 2.45) is 0 Å². The fourth-order valence-corrected chi connectivity index (χ4v) is 2.28. The maximum Gasteiger partial charge on any atom is 0.251 e. The highest BCUT2D eigenvalue weighted by atomic mass is 16.5. The summed E-state index contributed by atoms with van der Waals surface area (Å²) in [5, 5.41) is 2.92. The summed E-state index contributed by atoms with van der Waals surface area (Å²) < 4.78 is 10.4. The average molecular weight is 313 g/mol. The van der Waals surface area contributed by atoms with E-state index in [2.05, 4.69) is 31.3 Å². The lowest BCUT2D eigenvalue weighted by Crippen LogP contribution is -2.22. The van der Waals surface area contributed by atoms with Crippen molar-refractivity contribution in [2.45, 2.75) is 26.3 Å². The second-order valence-electron chi connectivity index (χ2n) is 5.65. The SMILES string of the molecule is COc1ccc(C(=O)NCc2ccc(C(C)C)cc2)cc1OC. The van der Waals surface area contributed by atoms with Crippen LogP contribution in [0.1, 0.15) is 41.3 Å². The first-order valence-electron chi connectivity index (χ1n) is 7.64. The molecule has 0 bridgehead atoms. The molecule has 1 amide bonds. The van der Waals surface area contributed by atoms with E-state index in [1.807, 2.05) is 12.1 Å². The van der Waals surface area contributed by atoms with Gasteiger partial charge in [-0.1, -0.05) is 38.1 Å². The quantitative estimate of drug-likeness (QED) is 0.883. The number of rotatable bonds is 6. The van der Waals surface area contributed by atoms with Gasteiger partial charge in [0.2, 0.25) is 0 Å². The van der Waals surface area contributed by atoms with E-state index in [0.29, 0.717) is 29.5 Å². The van der Waals surface area contributed by atoms with Crippen LogP contribution in [0.25, 0.3) is 0 Å². The Kier molecular flexibility index (Phi) is 5.63. The monoisotopic (exact) mass is 313 g/mol. The molecular weight excluding hydrogens is 290 g/mol. The lowest BCUT2D eigenvalue weighted by molar-refractivity contribution is 0.0950. The minimum Gasteiger partial charge on any atom is -0.493 e. The van der Waals surface area contributed by atoms with E-state index in [-0.39, 0.29) is 5.91 Å².